The average Bonchev–Trinajstić information content (AvgIpc) is 3.11. The van der Waals surface area contributed by atoms with Gasteiger partial charge < -0.3 is 26.4 Å². The minimum atomic E-state index is -0.213. The van der Waals surface area contributed by atoms with E-state index in [9.17, 15) is 4.79 Å². The Balaban J connectivity index is 1.83. The Kier molecular flexibility index (Phi) is 4.56. The predicted octanol–water partition coefficient (Wildman–Crippen LogP) is 2.83. The Morgan fingerprint density at radius 2 is 2.12 bits per heavy atom. The van der Waals surface area contributed by atoms with Gasteiger partial charge in [0.15, 0.2) is 6.73 Å². The van der Waals surface area contributed by atoms with Crippen LogP contribution in [0.15, 0.2) is 48.7 Å². The third kappa shape index (κ3) is 3.27. The molecule has 5 N–H and O–H groups in total. The van der Waals surface area contributed by atoms with E-state index < -0.39 is 0 Å². The second kappa shape index (κ2) is 6.95. The van der Waals surface area contributed by atoms with Crippen molar-refractivity contribution in [2.45, 2.75) is 6.92 Å². The van der Waals surface area contributed by atoms with Gasteiger partial charge in [0.2, 0.25) is 0 Å². The summed E-state index contributed by atoms with van der Waals surface area (Å²) in [5.41, 5.74) is 9.28. The van der Waals surface area contributed by atoms with Crippen molar-refractivity contribution in [1.29, 1.82) is 0 Å². The van der Waals surface area contributed by atoms with Gasteiger partial charge in [-0.05, 0) is 31.2 Å². The molecule has 6 heteroatoms. The highest BCUT2D eigenvalue weighted by Crippen LogP contribution is 2.25. The number of nitrogens with one attached hydrogen (secondary N) is 3. The molecule has 0 saturated carbocycles. The highest BCUT2D eigenvalue weighted by Gasteiger charge is 2.14. The normalized spacial score (nSPS) is 12.8. The molecular weight excluding hydrogens is 304 g/mol. The summed E-state index contributed by atoms with van der Waals surface area (Å²) in [5.74, 6) is 0.540. The predicted molar refractivity (Wildman–Crippen MR) is 96.5 cm³/mol. The number of carbonyl (C=O) groups excluding carboxylic acids is 1. The molecule has 124 valence electrons. The SMILES string of the molecule is CCNc1c(N)cccc1C(=O)Nc1cccc(C2=CNCO2)c1. The zero-order valence-electron chi connectivity index (χ0n) is 13.4. The third-order valence-corrected chi connectivity index (χ3v) is 3.64. The zero-order valence-corrected chi connectivity index (χ0v) is 13.4. The fraction of sp³-hybridized carbons (Fsp3) is 0.167. The minimum Gasteiger partial charge on any atom is -0.471 e. The number of nitrogen functional groups attached to an aromatic ring is 1. The molecule has 0 fully saturated rings. The maximum atomic E-state index is 12.6. The molecule has 0 spiro atoms. The molecule has 0 aliphatic carbocycles. The molecule has 6 nitrogen and oxygen atoms in total. The number of hydrogen-bond donors (Lipinski definition) is 4. The molecule has 1 aliphatic heterocycles. The topological polar surface area (TPSA) is 88.4 Å². The van der Waals surface area contributed by atoms with Crippen molar-refractivity contribution >= 4 is 28.7 Å². The Morgan fingerprint density at radius 3 is 2.88 bits per heavy atom. The molecule has 0 atom stereocenters. The standard InChI is InChI=1S/C18H20N4O2/c1-2-21-17-14(7-4-8-15(17)19)18(23)22-13-6-3-5-12(9-13)16-10-20-11-24-16/h3-10,20-21H,2,11,19H2,1H3,(H,22,23). The number of anilines is 3. The first-order valence-corrected chi connectivity index (χ1v) is 7.79. The van der Waals surface area contributed by atoms with Crippen LogP contribution in [0.3, 0.4) is 0 Å². The molecular formula is C18H20N4O2. The summed E-state index contributed by atoms with van der Waals surface area (Å²) in [6.45, 7) is 3.10. The molecule has 1 amide bonds. The van der Waals surface area contributed by atoms with Crippen molar-refractivity contribution in [3.63, 3.8) is 0 Å². The molecule has 3 rings (SSSR count). The van der Waals surface area contributed by atoms with Crippen LogP contribution in [0.1, 0.15) is 22.8 Å². The van der Waals surface area contributed by atoms with E-state index >= 15 is 0 Å². The van der Waals surface area contributed by atoms with E-state index in [-0.39, 0.29) is 5.91 Å². The zero-order chi connectivity index (χ0) is 16.9. The summed E-state index contributed by atoms with van der Waals surface area (Å²) in [4.78, 5) is 12.6. The van der Waals surface area contributed by atoms with E-state index in [0.29, 0.717) is 35.9 Å². The Hall–Kier alpha value is -3.15. The number of nitrogens with two attached hydrogens (primary N) is 1. The number of benzene rings is 2. The quantitative estimate of drug-likeness (QED) is 0.635. The molecule has 0 aromatic heterocycles. The molecule has 24 heavy (non-hydrogen) atoms. The van der Waals surface area contributed by atoms with E-state index in [1.807, 2.05) is 37.4 Å². The fourth-order valence-corrected chi connectivity index (χ4v) is 2.54. The number of para-hydroxylation sites is 1. The number of rotatable bonds is 5. The molecule has 2 aromatic carbocycles. The van der Waals surface area contributed by atoms with Crippen molar-refractivity contribution in [3.8, 4) is 0 Å². The van der Waals surface area contributed by atoms with Crippen molar-refractivity contribution in [2.75, 3.05) is 29.6 Å². The molecule has 0 saturated heterocycles. The molecule has 1 aliphatic rings. The van der Waals surface area contributed by atoms with Crippen LogP contribution < -0.4 is 21.7 Å². The van der Waals surface area contributed by atoms with Crippen molar-refractivity contribution < 1.29 is 9.53 Å². The number of ether oxygens (including phenoxy) is 1. The van der Waals surface area contributed by atoms with Crippen LogP contribution in [-0.2, 0) is 4.74 Å². The van der Waals surface area contributed by atoms with Crippen molar-refractivity contribution in [2.24, 2.45) is 0 Å². The van der Waals surface area contributed by atoms with Gasteiger partial charge in [0, 0.05) is 24.0 Å². The molecule has 0 bridgehead atoms. The molecule has 2 aromatic rings. The smallest absolute Gasteiger partial charge is 0.257 e. The van der Waals surface area contributed by atoms with Gasteiger partial charge in [-0.1, -0.05) is 18.2 Å². The van der Waals surface area contributed by atoms with Crippen LogP contribution in [0.5, 0.6) is 0 Å². The lowest BCUT2D eigenvalue weighted by atomic mass is 10.1. The number of hydrogen-bond acceptors (Lipinski definition) is 5. The van der Waals surface area contributed by atoms with E-state index in [1.54, 1.807) is 18.2 Å². The molecule has 1 heterocycles. The highest BCUT2D eigenvalue weighted by molar-refractivity contribution is 6.09. The number of amides is 1. The van der Waals surface area contributed by atoms with Crippen LogP contribution in [-0.4, -0.2) is 19.2 Å². The highest BCUT2D eigenvalue weighted by atomic mass is 16.5. The van der Waals surface area contributed by atoms with Crippen molar-refractivity contribution in [3.05, 3.63) is 59.8 Å². The first kappa shape index (κ1) is 15.7. The maximum absolute atomic E-state index is 12.6. The average molecular weight is 324 g/mol. The summed E-state index contributed by atoms with van der Waals surface area (Å²) < 4.78 is 5.46. The van der Waals surface area contributed by atoms with Gasteiger partial charge in [0.05, 0.1) is 16.9 Å². The van der Waals surface area contributed by atoms with Gasteiger partial charge in [0.1, 0.15) is 5.76 Å². The van der Waals surface area contributed by atoms with Gasteiger partial charge in [-0.3, -0.25) is 4.79 Å². The molecule has 0 unspecified atom stereocenters. The van der Waals surface area contributed by atoms with Crippen LogP contribution in [0.2, 0.25) is 0 Å². The first-order chi connectivity index (χ1) is 11.7. The fourth-order valence-electron chi connectivity index (χ4n) is 2.54. The van der Waals surface area contributed by atoms with E-state index in [2.05, 4.69) is 16.0 Å². The van der Waals surface area contributed by atoms with E-state index in [4.69, 9.17) is 10.5 Å². The van der Waals surface area contributed by atoms with Gasteiger partial charge >= 0.3 is 0 Å². The Bertz CT molecular complexity index is 786. The third-order valence-electron chi connectivity index (χ3n) is 3.64. The first-order valence-electron chi connectivity index (χ1n) is 7.79. The lowest BCUT2D eigenvalue weighted by Gasteiger charge is -2.14. The van der Waals surface area contributed by atoms with Gasteiger partial charge in [0.25, 0.3) is 5.91 Å². The monoisotopic (exact) mass is 324 g/mol. The van der Waals surface area contributed by atoms with E-state index in [0.717, 1.165) is 11.3 Å². The van der Waals surface area contributed by atoms with Crippen LogP contribution in [0, 0.1) is 0 Å². The van der Waals surface area contributed by atoms with E-state index in [1.165, 1.54) is 0 Å². The largest absolute Gasteiger partial charge is 0.471 e. The van der Waals surface area contributed by atoms with Crippen LogP contribution in [0.4, 0.5) is 17.1 Å². The second-order valence-electron chi connectivity index (χ2n) is 5.34. The Morgan fingerprint density at radius 1 is 1.29 bits per heavy atom. The van der Waals surface area contributed by atoms with Crippen LogP contribution in [0.25, 0.3) is 5.76 Å². The lowest BCUT2D eigenvalue weighted by Crippen LogP contribution is -2.16. The summed E-state index contributed by atoms with van der Waals surface area (Å²) in [6.07, 6.45) is 1.81. The lowest BCUT2D eigenvalue weighted by molar-refractivity contribution is 0.102. The Labute approximate surface area is 140 Å². The number of carbonyl (C=O) groups is 1. The minimum absolute atomic E-state index is 0.213. The summed E-state index contributed by atoms with van der Waals surface area (Å²) in [6, 6.07) is 12.8. The maximum Gasteiger partial charge on any atom is 0.257 e. The summed E-state index contributed by atoms with van der Waals surface area (Å²) >= 11 is 0. The van der Waals surface area contributed by atoms with Gasteiger partial charge in [-0.15, -0.1) is 0 Å². The van der Waals surface area contributed by atoms with Gasteiger partial charge in [-0.25, -0.2) is 0 Å². The second-order valence-corrected chi connectivity index (χ2v) is 5.34. The van der Waals surface area contributed by atoms with Crippen molar-refractivity contribution in [1.82, 2.24) is 5.32 Å². The summed E-state index contributed by atoms with van der Waals surface area (Å²) in [5, 5.41) is 9.05. The van der Waals surface area contributed by atoms with Crippen LogP contribution >= 0.6 is 0 Å². The van der Waals surface area contributed by atoms with Gasteiger partial charge in [-0.2, -0.15) is 0 Å². The summed E-state index contributed by atoms with van der Waals surface area (Å²) in [7, 11) is 0. The molecule has 0 radical (unpaired) electrons.